The summed E-state index contributed by atoms with van der Waals surface area (Å²) in [6, 6.07) is 8.86. The van der Waals surface area contributed by atoms with Crippen LogP contribution in [0.5, 0.6) is 0 Å². The summed E-state index contributed by atoms with van der Waals surface area (Å²) in [6.07, 6.45) is 3.65. The highest BCUT2D eigenvalue weighted by atomic mass is 35.5. The lowest BCUT2D eigenvalue weighted by Gasteiger charge is -2.24. The van der Waals surface area contributed by atoms with E-state index in [0.717, 1.165) is 48.6 Å². The lowest BCUT2D eigenvalue weighted by molar-refractivity contribution is -0.131. The minimum absolute atomic E-state index is 0. The Labute approximate surface area is 160 Å². The standard InChI is InChI=1S/C19H25N3OS.ClH/c1-3-14-6-8-15(9-7-14)19-21-16(13-24-19)11-18(23)22-10-4-5-17(22)12-20-2;/h6-9,13,17,20H,3-5,10-12H2,1-2H3;1H. The monoisotopic (exact) mass is 379 g/mol. The summed E-state index contributed by atoms with van der Waals surface area (Å²) in [7, 11) is 1.94. The molecule has 1 aliphatic rings. The van der Waals surface area contributed by atoms with Gasteiger partial charge in [0.1, 0.15) is 5.01 Å². The third-order valence-electron chi connectivity index (χ3n) is 4.63. The van der Waals surface area contributed by atoms with Crippen LogP contribution in [-0.2, 0) is 17.6 Å². The third kappa shape index (κ3) is 4.81. The van der Waals surface area contributed by atoms with Crippen molar-refractivity contribution in [3.05, 3.63) is 40.9 Å². The van der Waals surface area contributed by atoms with Crippen LogP contribution >= 0.6 is 23.7 Å². The highest BCUT2D eigenvalue weighted by molar-refractivity contribution is 7.13. The van der Waals surface area contributed by atoms with Crippen LogP contribution in [0.4, 0.5) is 0 Å². The molecule has 2 heterocycles. The number of thiazole rings is 1. The Kier molecular flexibility index (Phi) is 7.41. The molecule has 0 radical (unpaired) electrons. The fourth-order valence-electron chi connectivity index (χ4n) is 3.27. The van der Waals surface area contributed by atoms with Crippen LogP contribution in [0.1, 0.15) is 31.0 Å². The lowest BCUT2D eigenvalue weighted by atomic mass is 10.1. The number of nitrogens with one attached hydrogen (secondary N) is 1. The number of nitrogens with zero attached hydrogens (tertiary/aromatic N) is 2. The first kappa shape index (κ1) is 19.9. The van der Waals surface area contributed by atoms with Crippen LogP contribution in [0, 0.1) is 0 Å². The Hall–Kier alpha value is -1.43. The molecule has 2 aromatic rings. The molecule has 1 atom stereocenters. The van der Waals surface area contributed by atoms with Crippen LogP contribution in [0.3, 0.4) is 0 Å². The second-order valence-electron chi connectivity index (χ2n) is 6.31. The van der Waals surface area contributed by atoms with Crippen LogP contribution in [0.25, 0.3) is 10.6 Å². The summed E-state index contributed by atoms with van der Waals surface area (Å²) in [4.78, 5) is 19.3. The number of amides is 1. The van der Waals surface area contributed by atoms with E-state index in [4.69, 9.17) is 0 Å². The molecule has 1 aromatic heterocycles. The maximum Gasteiger partial charge on any atom is 0.228 e. The number of rotatable bonds is 6. The Bertz CT molecular complexity index is 686. The van der Waals surface area contributed by atoms with Gasteiger partial charge >= 0.3 is 0 Å². The number of halogens is 1. The zero-order valence-corrected chi connectivity index (χ0v) is 16.5. The number of aryl methyl sites for hydroxylation is 1. The van der Waals surface area contributed by atoms with E-state index in [0.29, 0.717) is 12.5 Å². The van der Waals surface area contributed by atoms with E-state index in [1.54, 1.807) is 11.3 Å². The van der Waals surface area contributed by atoms with Crippen LogP contribution < -0.4 is 5.32 Å². The van der Waals surface area contributed by atoms with Gasteiger partial charge in [-0.05, 0) is 31.9 Å². The van der Waals surface area contributed by atoms with E-state index < -0.39 is 0 Å². The number of carbonyl (C=O) groups is 1. The van der Waals surface area contributed by atoms with Crippen LogP contribution in [-0.4, -0.2) is 42.0 Å². The average molecular weight is 380 g/mol. The van der Waals surface area contributed by atoms with Gasteiger partial charge < -0.3 is 10.2 Å². The van der Waals surface area contributed by atoms with Gasteiger partial charge in [-0.25, -0.2) is 4.98 Å². The van der Waals surface area contributed by atoms with E-state index in [9.17, 15) is 4.79 Å². The van der Waals surface area contributed by atoms with Crippen molar-refractivity contribution in [3.63, 3.8) is 0 Å². The Morgan fingerprint density at radius 1 is 1.36 bits per heavy atom. The van der Waals surface area contributed by atoms with Crippen LogP contribution in [0.2, 0.25) is 0 Å². The topological polar surface area (TPSA) is 45.2 Å². The largest absolute Gasteiger partial charge is 0.338 e. The fraction of sp³-hybridized carbons (Fsp3) is 0.474. The maximum atomic E-state index is 12.6. The van der Waals surface area contributed by atoms with Gasteiger partial charge in [0.15, 0.2) is 0 Å². The normalized spacial score (nSPS) is 16.7. The molecule has 3 rings (SSSR count). The first-order valence-corrected chi connectivity index (χ1v) is 9.57. The van der Waals surface area contributed by atoms with Crippen molar-refractivity contribution in [1.29, 1.82) is 0 Å². The van der Waals surface area contributed by atoms with E-state index >= 15 is 0 Å². The van der Waals surface area contributed by atoms with Crippen molar-refractivity contribution in [2.75, 3.05) is 20.1 Å². The average Bonchev–Trinajstić information content (AvgIpc) is 3.25. The van der Waals surface area contributed by atoms with Crippen molar-refractivity contribution < 1.29 is 4.79 Å². The van der Waals surface area contributed by atoms with Gasteiger partial charge in [0.25, 0.3) is 0 Å². The summed E-state index contributed by atoms with van der Waals surface area (Å²) < 4.78 is 0. The molecule has 1 saturated heterocycles. The molecule has 25 heavy (non-hydrogen) atoms. The molecule has 1 fully saturated rings. The van der Waals surface area contributed by atoms with E-state index in [1.807, 2.05) is 17.3 Å². The van der Waals surface area contributed by atoms with Crippen molar-refractivity contribution in [3.8, 4) is 10.6 Å². The third-order valence-corrected chi connectivity index (χ3v) is 5.57. The number of hydrogen-bond donors (Lipinski definition) is 1. The molecule has 1 N–H and O–H groups in total. The molecule has 1 aromatic carbocycles. The van der Waals surface area contributed by atoms with Crippen LogP contribution in [0.15, 0.2) is 29.6 Å². The minimum Gasteiger partial charge on any atom is -0.338 e. The summed E-state index contributed by atoms with van der Waals surface area (Å²) in [5, 5.41) is 6.20. The predicted octanol–water partition coefficient (Wildman–Crippen LogP) is 3.55. The predicted molar refractivity (Wildman–Crippen MR) is 107 cm³/mol. The number of benzene rings is 1. The minimum atomic E-state index is 0. The zero-order chi connectivity index (χ0) is 16.9. The molecule has 1 unspecified atom stereocenters. The number of likely N-dealkylation sites (N-methyl/N-ethyl adjacent to an activating group) is 1. The second-order valence-corrected chi connectivity index (χ2v) is 7.17. The zero-order valence-electron chi connectivity index (χ0n) is 14.8. The van der Waals surface area contributed by atoms with Gasteiger partial charge in [0.2, 0.25) is 5.91 Å². The molecule has 136 valence electrons. The summed E-state index contributed by atoms with van der Waals surface area (Å²) in [6.45, 7) is 3.90. The molecule has 0 spiro atoms. The van der Waals surface area contributed by atoms with Gasteiger partial charge in [-0.15, -0.1) is 23.7 Å². The number of likely N-dealkylation sites (tertiary alicyclic amines) is 1. The molecule has 1 amide bonds. The van der Waals surface area contributed by atoms with Crippen molar-refractivity contribution >= 4 is 29.7 Å². The first-order valence-electron chi connectivity index (χ1n) is 8.69. The molecule has 4 nitrogen and oxygen atoms in total. The molecule has 0 aliphatic carbocycles. The molecule has 0 saturated carbocycles. The van der Waals surface area contributed by atoms with Gasteiger partial charge in [-0.3, -0.25) is 4.79 Å². The van der Waals surface area contributed by atoms with Crippen molar-refractivity contribution in [2.45, 2.75) is 38.6 Å². The first-order chi connectivity index (χ1) is 11.7. The smallest absolute Gasteiger partial charge is 0.228 e. The SMILES string of the molecule is CCc1ccc(-c2nc(CC(=O)N3CCCC3CNC)cs2)cc1.Cl. The number of aromatic nitrogens is 1. The summed E-state index contributed by atoms with van der Waals surface area (Å²) in [5.41, 5.74) is 3.34. The maximum absolute atomic E-state index is 12.6. The Morgan fingerprint density at radius 3 is 2.80 bits per heavy atom. The Morgan fingerprint density at radius 2 is 2.12 bits per heavy atom. The highest BCUT2D eigenvalue weighted by Crippen LogP contribution is 2.25. The van der Waals surface area contributed by atoms with Crippen molar-refractivity contribution in [2.24, 2.45) is 0 Å². The quantitative estimate of drug-likeness (QED) is 0.834. The number of hydrogen-bond acceptors (Lipinski definition) is 4. The number of carbonyl (C=O) groups excluding carboxylic acids is 1. The molecule has 6 heteroatoms. The summed E-state index contributed by atoms with van der Waals surface area (Å²) in [5.74, 6) is 0.200. The fourth-order valence-corrected chi connectivity index (χ4v) is 4.10. The van der Waals surface area contributed by atoms with Gasteiger partial charge in [0.05, 0.1) is 12.1 Å². The van der Waals surface area contributed by atoms with Gasteiger partial charge in [-0.2, -0.15) is 0 Å². The van der Waals surface area contributed by atoms with E-state index in [1.165, 1.54) is 5.56 Å². The van der Waals surface area contributed by atoms with E-state index in [2.05, 4.69) is 41.5 Å². The summed E-state index contributed by atoms with van der Waals surface area (Å²) >= 11 is 1.62. The van der Waals surface area contributed by atoms with Gasteiger partial charge in [-0.1, -0.05) is 31.2 Å². The van der Waals surface area contributed by atoms with E-state index in [-0.39, 0.29) is 18.3 Å². The molecule has 1 aliphatic heterocycles. The molecular formula is C19H26ClN3OS. The van der Waals surface area contributed by atoms with Gasteiger partial charge in [0, 0.05) is 30.1 Å². The highest BCUT2D eigenvalue weighted by Gasteiger charge is 2.28. The molecular weight excluding hydrogens is 354 g/mol. The lowest BCUT2D eigenvalue weighted by Crippen LogP contribution is -2.41. The Balaban J connectivity index is 0.00000225. The second kappa shape index (κ2) is 9.32. The molecule has 0 bridgehead atoms. The van der Waals surface area contributed by atoms with Crippen molar-refractivity contribution in [1.82, 2.24) is 15.2 Å².